The Morgan fingerprint density at radius 3 is 2.58 bits per heavy atom. The number of ether oxygens (including phenoxy) is 1. The predicted octanol–water partition coefficient (Wildman–Crippen LogP) is 3.30. The number of rotatable bonds is 7. The maximum absolute atomic E-state index is 12.5. The molecule has 0 bridgehead atoms. The summed E-state index contributed by atoms with van der Waals surface area (Å²) in [6.45, 7) is 4.36. The molecule has 0 atom stereocenters. The number of esters is 1. The minimum atomic E-state index is -0.475. The van der Waals surface area contributed by atoms with Gasteiger partial charge in [-0.05, 0) is 11.6 Å². The van der Waals surface area contributed by atoms with E-state index in [4.69, 9.17) is 4.74 Å². The number of carbonyl (C=O) groups excluding carboxylic acids is 2. The number of hydrogen-bond donors (Lipinski definition) is 1. The Morgan fingerprint density at radius 2 is 1.81 bits per heavy atom. The molecule has 1 heterocycles. The van der Waals surface area contributed by atoms with Gasteiger partial charge in [0.25, 0.3) is 5.91 Å². The average molecular weight is 348 g/mol. The highest BCUT2D eigenvalue weighted by Crippen LogP contribution is 2.21. The van der Waals surface area contributed by atoms with E-state index in [0.29, 0.717) is 12.1 Å². The summed E-state index contributed by atoms with van der Waals surface area (Å²) in [6.07, 6.45) is 3.55. The summed E-state index contributed by atoms with van der Waals surface area (Å²) in [5, 5.41) is 3.47. The highest BCUT2D eigenvalue weighted by atomic mass is 16.5. The van der Waals surface area contributed by atoms with Gasteiger partial charge in [-0.25, -0.2) is 0 Å². The van der Waals surface area contributed by atoms with Gasteiger partial charge in [-0.3, -0.25) is 9.59 Å². The van der Waals surface area contributed by atoms with Crippen LogP contribution in [0.15, 0.2) is 73.4 Å². The van der Waals surface area contributed by atoms with Gasteiger partial charge in [0.1, 0.15) is 13.2 Å². The number of carbonyl (C=O) groups is 2. The Bertz CT molecular complexity index is 929. The third-order valence-corrected chi connectivity index (χ3v) is 3.99. The summed E-state index contributed by atoms with van der Waals surface area (Å²) in [4.78, 5) is 24.4. The lowest BCUT2D eigenvalue weighted by Crippen LogP contribution is -2.30. The number of allylic oxidation sites excluding steroid dienone is 1. The zero-order chi connectivity index (χ0) is 18.4. The van der Waals surface area contributed by atoms with Gasteiger partial charge in [0, 0.05) is 23.6 Å². The fourth-order valence-electron chi connectivity index (χ4n) is 2.75. The van der Waals surface area contributed by atoms with E-state index in [9.17, 15) is 9.59 Å². The molecular formula is C21H20N2O3. The first-order chi connectivity index (χ1) is 12.7. The van der Waals surface area contributed by atoms with Gasteiger partial charge in [-0.1, -0.05) is 54.6 Å². The van der Waals surface area contributed by atoms with Crippen LogP contribution in [-0.2, 0) is 22.7 Å². The lowest BCUT2D eigenvalue weighted by molar-refractivity contribution is -0.143. The quantitative estimate of drug-likeness (QED) is 0.526. The fraction of sp³-hybridized carbons (Fsp3) is 0.143. The number of para-hydroxylation sites is 1. The van der Waals surface area contributed by atoms with Gasteiger partial charge in [-0.2, -0.15) is 0 Å². The topological polar surface area (TPSA) is 60.3 Å². The van der Waals surface area contributed by atoms with Crippen LogP contribution in [0.25, 0.3) is 10.9 Å². The Balaban J connectivity index is 1.62. The summed E-state index contributed by atoms with van der Waals surface area (Å²) < 4.78 is 7.12. The van der Waals surface area contributed by atoms with Crippen LogP contribution in [0.4, 0.5) is 0 Å². The summed E-state index contributed by atoms with van der Waals surface area (Å²) in [7, 11) is 0. The van der Waals surface area contributed by atoms with Crippen molar-refractivity contribution in [3.05, 3.63) is 84.6 Å². The van der Waals surface area contributed by atoms with Crippen molar-refractivity contribution in [1.29, 1.82) is 0 Å². The van der Waals surface area contributed by atoms with Gasteiger partial charge < -0.3 is 14.6 Å². The van der Waals surface area contributed by atoms with Gasteiger partial charge in [0.2, 0.25) is 0 Å². The molecule has 0 saturated carbocycles. The van der Waals surface area contributed by atoms with E-state index >= 15 is 0 Å². The number of nitrogens with zero attached hydrogens (tertiary/aromatic N) is 1. The first-order valence-corrected chi connectivity index (χ1v) is 8.35. The number of hydrogen-bond acceptors (Lipinski definition) is 3. The Labute approximate surface area is 151 Å². The molecule has 1 aromatic heterocycles. The van der Waals surface area contributed by atoms with Crippen molar-refractivity contribution in [3.63, 3.8) is 0 Å². The molecule has 0 fully saturated rings. The summed E-state index contributed by atoms with van der Waals surface area (Å²) in [6, 6.07) is 17.0. The molecule has 0 radical (unpaired) electrons. The highest BCUT2D eigenvalue weighted by Gasteiger charge is 2.15. The zero-order valence-corrected chi connectivity index (χ0v) is 14.4. The predicted molar refractivity (Wildman–Crippen MR) is 101 cm³/mol. The van der Waals surface area contributed by atoms with E-state index in [1.807, 2.05) is 59.2 Å². The minimum absolute atomic E-state index is 0.174. The molecular weight excluding hydrogens is 328 g/mol. The molecule has 1 N–H and O–H groups in total. The number of benzene rings is 2. The van der Waals surface area contributed by atoms with Gasteiger partial charge in [-0.15, -0.1) is 6.58 Å². The van der Waals surface area contributed by atoms with Crippen LogP contribution in [-0.4, -0.2) is 23.0 Å². The third kappa shape index (κ3) is 4.00. The Kier molecular flexibility index (Phi) is 5.49. The largest absolute Gasteiger partial charge is 0.460 e. The molecule has 5 nitrogen and oxygen atoms in total. The summed E-state index contributed by atoms with van der Waals surface area (Å²) in [5.41, 5.74) is 2.38. The van der Waals surface area contributed by atoms with Crippen LogP contribution in [0.3, 0.4) is 0 Å². The molecule has 0 aliphatic carbocycles. The lowest BCUT2D eigenvalue weighted by Gasteiger charge is -2.06. The zero-order valence-electron chi connectivity index (χ0n) is 14.4. The maximum atomic E-state index is 12.5. The van der Waals surface area contributed by atoms with Gasteiger partial charge in [0.15, 0.2) is 0 Å². The second kappa shape index (κ2) is 8.16. The molecule has 0 spiro atoms. The molecule has 132 valence electrons. The van der Waals surface area contributed by atoms with Crippen molar-refractivity contribution in [2.24, 2.45) is 0 Å². The summed E-state index contributed by atoms with van der Waals surface area (Å²) in [5.74, 6) is -0.780. The van der Waals surface area contributed by atoms with Crippen LogP contribution in [0.1, 0.15) is 15.9 Å². The fourth-order valence-corrected chi connectivity index (χ4v) is 2.75. The van der Waals surface area contributed by atoms with E-state index in [-0.39, 0.29) is 19.1 Å². The second-order valence-corrected chi connectivity index (χ2v) is 5.83. The molecule has 26 heavy (non-hydrogen) atoms. The van der Waals surface area contributed by atoms with Crippen LogP contribution < -0.4 is 5.32 Å². The number of amides is 1. The van der Waals surface area contributed by atoms with Crippen LogP contribution in [0.2, 0.25) is 0 Å². The third-order valence-electron chi connectivity index (χ3n) is 3.99. The van der Waals surface area contributed by atoms with Crippen molar-refractivity contribution in [3.8, 4) is 0 Å². The second-order valence-electron chi connectivity index (χ2n) is 5.83. The van der Waals surface area contributed by atoms with Crippen molar-refractivity contribution in [2.75, 3.05) is 6.54 Å². The molecule has 0 unspecified atom stereocenters. The molecule has 0 saturated heterocycles. The van der Waals surface area contributed by atoms with E-state index in [1.165, 1.54) is 0 Å². The smallest absolute Gasteiger partial charge is 0.325 e. The standard InChI is InChI=1S/C21H20N2O3/c1-2-12-23-14-18(17-10-6-7-11-19(17)23)21(25)22-13-20(24)26-15-16-8-4-3-5-9-16/h2-11,14H,1,12-13,15H2,(H,22,25). The minimum Gasteiger partial charge on any atom is -0.460 e. The average Bonchev–Trinajstić information content (AvgIpc) is 3.04. The molecule has 2 aromatic carbocycles. The first kappa shape index (κ1) is 17.5. The van der Waals surface area contributed by atoms with Crippen LogP contribution in [0.5, 0.6) is 0 Å². The molecule has 0 aliphatic heterocycles. The normalized spacial score (nSPS) is 10.5. The van der Waals surface area contributed by atoms with Crippen molar-refractivity contribution < 1.29 is 14.3 Å². The number of fused-ring (bicyclic) bond motifs is 1. The van der Waals surface area contributed by atoms with E-state index < -0.39 is 5.97 Å². The van der Waals surface area contributed by atoms with Crippen molar-refractivity contribution in [2.45, 2.75) is 13.2 Å². The first-order valence-electron chi connectivity index (χ1n) is 8.35. The van der Waals surface area contributed by atoms with E-state index in [1.54, 1.807) is 12.3 Å². The monoisotopic (exact) mass is 348 g/mol. The van der Waals surface area contributed by atoms with Gasteiger partial charge in [0.05, 0.1) is 5.56 Å². The highest BCUT2D eigenvalue weighted by molar-refractivity contribution is 6.07. The number of aromatic nitrogens is 1. The van der Waals surface area contributed by atoms with E-state index in [0.717, 1.165) is 16.5 Å². The van der Waals surface area contributed by atoms with Crippen molar-refractivity contribution in [1.82, 2.24) is 9.88 Å². The maximum Gasteiger partial charge on any atom is 0.325 e. The van der Waals surface area contributed by atoms with Crippen molar-refractivity contribution >= 4 is 22.8 Å². The molecule has 5 heteroatoms. The molecule has 3 rings (SSSR count). The molecule has 3 aromatic rings. The van der Waals surface area contributed by atoms with Crippen LogP contribution in [0, 0.1) is 0 Å². The number of nitrogens with one attached hydrogen (secondary N) is 1. The Morgan fingerprint density at radius 1 is 1.08 bits per heavy atom. The van der Waals surface area contributed by atoms with E-state index in [2.05, 4.69) is 11.9 Å². The SMILES string of the molecule is C=CCn1cc(C(=O)NCC(=O)OCc2ccccc2)c2ccccc21. The summed E-state index contributed by atoms with van der Waals surface area (Å²) >= 11 is 0. The molecule has 0 aliphatic rings. The van der Waals surface area contributed by atoms with Gasteiger partial charge >= 0.3 is 5.97 Å². The molecule has 1 amide bonds. The van der Waals surface area contributed by atoms with Crippen LogP contribution >= 0.6 is 0 Å². The lowest BCUT2D eigenvalue weighted by atomic mass is 10.1. The Hall–Kier alpha value is -3.34.